The van der Waals surface area contributed by atoms with Crippen molar-refractivity contribution in [3.63, 3.8) is 0 Å². The number of likely N-dealkylation sites (tertiary alicyclic amines) is 1. The number of nitrogens with zero attached hydrogens (tertiary/aromatic N) is 1. The number of piperidine rings is 1. The number of benzene rings is 1. The molecule has 0 aromatic heterocycles. The summed E-state index contributed by atoms with van der Waals surface area (Å²) in [5, 5.41) is 4.56. The van der Waals surface area contributed by atoms with Gasteiger partial charge in [0, 0.05) is 23.8 Å². The first kappa shape index (κ1) is 17.0. The fourth-order valence-corrected chi connectivity index (χ4v) is 3.00. The Balaban J connectivity index is 2.00. The second-order valence-corrected chi connectivity index (χ2v) is 6.17. The molecule has 2 rings (SSSR count). The first-order chi connectivity index (χ1) is 10.5. The van der Waals surface area contributed by atoms with Crippen molar-refractivity contribution in [3.8, 4) is 0 Å². The lowest BCUT2D eigenvalue weighted by atomic mass is 9.98. The third-order valence-corrected chi connectivity index (χ3v) is 4.61. The Morgan fingerprint density at radius 3 is 3.05 bits per heavy atom. The van der Waals surface area contributed by atoms with E-state index in [9.17, 15) is 4.79 Å². The van der Waals surface area contributed by atoms with E-state index in [1.165, 1.54) is 0 Å². The van der Waals surface area contributed by atoms with Gasteiger partial charge >= 0.3 is 5.97 Å². The quantitative estimate of drug-likeness (QED) is 0.672. The molecule has 4 nitrogen and oxygen atoms in total. The summed E-state index contributed by atoms with van der Waals surface area (Å²) in [6.07, 6.45) is 1.79. The SMILES string of the molecule is CCOC(=O)[C@H]1CCCN(C(=S)Nc2cccc(Cl)c2C)C1. The van der Waals surface area contributed by atoms with Crippen LogP contribution in [-0.4, -0.2) is 35.7 Å². The third-order valence-electron chi connectivity index (χ3n) is 3.84. The van der Waals surface area contributed by atoms with Crippen molar-refractivity contribution in [1.29, 1.82) is 0 Å². The Morgan fingerprint density at radius 1 is 1.55 bits per heavy atom. The van der Waals surface area contributed by atoms with Crippen LogP contribution in [0.4, 0.5) is 5.69 Å². The summed E-state index contributed by atoms with van der Waals surface area (Å²) < 4.78 is 5.12. The summed E-state index contributed by atoms with van der Waals surface area (Å²) >= 11 is 11.6. The van der Waals surface area contributed by atoms with Gasteiger partial charge in [-0.2, -0.15) is 0 Å². The van der Waals surface area contributed by atoms with Crippen molar-refractivity contribution in [2.24, 2.45) is 5.92 Å². The molecule has 1 fully saturated rings. The summed E-state index contributed by atoms with van der Waals surface area (Å²) in [5.74, 6) is -0.233. The van der Waals surface area contributed by atoms with Crippen LogP contribution in [0.5, 0.6) is 0 Å². The summed E-state index contributed by atoms with van der Waals surface area (Å²) in [6.45, 7) is 5.64. The second-order valence-electron chi connectivity index (χ2n) is 5.38. The van der Waals surface area contributed by atoms with Crippen molar-refractivity contribution in [3.05, 3.63) is 28.8 Å². The molecular formula is C16H21ClN2O2S. The molecule has 0 unspecified atom stereocenters. The van der Waals surface area contributed by atoms with Crippen LogP contribution in [0.15, 0.2) is 18.2 Å². The molecule has 0 bridgehead atoms. The lowest BCUT2D eigenvalue weighted by molar-refractivity contribution is -0.149. The fourth-order valence-electron chi connectivity index (χ4n) is 2.55. The zero-order valence-corrected chi connectivity index (χ0v) is 14.5. The fraction of sp³-hybridized carbons (Fsp3) is 0.500. The normalized spacial score (nSPS) is 18.0. The second kappa shape index (κ2) is 7.79. The van der Waals surface area contributed by atoms with Crippen LogP contribution in [0.2, 0.25) is 5.02 Å². The number of carbonyl (C=O) groups is 1. The van der Waals surface area contributed by atoms with Crippen LogP contribution in [0.1, 0.15) is 25.3 Å². The van der Waals surface area contributed by atoms with Gasteiger partial charge in [0.15, 0.2) is 5.11 Å². The maximum absolute atomic E-state index is 11.9. The molecule has 120 valence electrons. The van der Waals surface area contributed by atoms with Gasteiger partial charge in [0.1, 0.15) is 0 Å². The van der Waals surface area contributed by atoms with Gasteiger partial charge < -0.3 is 15.0 Å². The summed E-state index contributed by atoms with van der Waals surface area (Å²) in [5.41, 5.74) is 1.86. The van der Waals surface area contributed by atoms with Gasteiger partial charge in [-0.1, -0.05) is 17.7 Å². The third kappa shape index (κ3) is 4.11. The summed E-state index contributed by atoms with van der Waals surface area (Å²) in [4.78, 5) is 13.9. The largest absolute Gasteiger partial charge is 0.466 e. The van der Waals surface area contributed by atoms with E-state index in [0.29, 0.717) is 23.3 Å². The monoisotopic (exact) mass is 340 g/mol. The van der Waals surface area contributed by atoms with Gasteiger partial charge in [0.05, 0.1) is 12.5 Å². The van der Waals surface area contributed by atoms with E-state index in [1.54, 1.807) is 0 Å². The number of hydrogen-bond acceptors (Lipinski definition) is 3. The highest BCUT2D eigenvalue weighted by molar-refractivity contribution is 7.80. The Morgan fingerprint density at radius 2 is 2.32 bits per heavy atom. The van der Waals surface area contributed by atoms with Gasteiger partial charge in [-0.15, -0.1) is 0 Å². The lowest BCUT2D eigenvalue weighted by Gasteiger charge is -2.33. The number of hydrogen-bond donors (Lipinski definition) is 1. The average molecular weight is 341 g/mol. The molecule has 1 aliphatic heterocycles. The first-order valence-corrected chi connectivity index (χ1v) is 8.29. The van der Waals surface area contributed by atoms with Crippen LogP contribution in [-0.2, 0) is 9.53 Å². The number of ether oxygens (including phenoxy) is 1. The molecule has 1 aromatic rings. The molecule has 0 radical (unpaired) electrons. The van der Waals surface area contributed by atoms with Gasteiger partial charge in [-0.3, -0.25) is 4.79 Å². The summed E-state index contributed by atoms with van der Waals surface area (Å²) in [7, 11) is 0. The Labute approximate surface area is 141 Å². The predicted molar refractivity (Wildman–Crippen MR) is 93.3 cm³/mol. The van der Waals surface area contributed by atoms with Crippen LogP contribution in [0, 0.1) is 12.8 Å². The Bertz CT molecular complexity index is 565. The Kier molecular flexibility index (Phi) is 6.03. The molecule has 1 aliphatic rings. The van der Waals surface area contributed by atoms with Crippen molar-refractivity contribution < 1.29 is 9.53 Å². The molecule has 1 aromatic carbocycles. The molecule has 1 atom stereocenters. The highest BCUT2D eigenvalue weighted by Gasteiger charge is 2.28. The standard InChI is InChI=1S/C16H21ClN2O2S/c1-3-21-15(20)12-6-5-9-19(10-12)16(22)18-14-8-4-7-13(17)11(14)2/h4,7-8,12H,3,5-6,9-10H2,1-2H3,(H,18,22)/t12-/m0/s1. The number of thiocarbonyl (C=S) groups is 1. The van der Waals surface area contributed by atoms with Crippen LogP contribution in [0.25, 0.3) is 0 Å². The van der Waals surface area contributed by atoms with Crippen LogP contribution < -0.4 is 5.32 Å². The van der Waals surface area contributed by atoms with Gasteiger partial charge in [0.2, 0.25) is 0 Å². The topological polar surface area (TPSA) is 41.6 Å². The van der Waals surface area contributed by atoms with E-state index in [-0.39, 0.29) is 11.9 Å². The number of esters is 1. The van der Waals surface area contributed by atoms with Crippen LogP contribution in [0.3, 0.4) is 0 Å². The van der Waals surface area contributed by atoms with E-state index >= 15 is 0 Å². The van der Waals surface area contributed by atoms with Gasteiger partial charge in [0.25, 0.3) is 0 Å². The average Bonchev–Trinajstić information content (AvgIpc) is 2.52. The molecule has 0 amide bonds. The van der Waals surface area contributed by atoms with Crippen molar-refractivity contribution in [2.75, 3.05) is 25.0 Å². The lowest BCUT2D eigenvalue weighted by Crippen LogP contribution is -2.44. The van der Waals surface area contributed by atoms with E-state index in [4.69, 9.17) is 28.6 Å². The molecule has 0 saturated carbocycles. The highest BCUT2D eigenvalue weighted by Crippen LogP contribution is 2.24. The molecule has 0 aliphatic carbocycles. The number of carbonyl (C=O) groups excluding carboxylic acids is 1. The van der Waals surface area contributed by atoms with Crippen molar-refractivity contribution in [2.45, 2.75) is 26.7 Å². The molecule has 0 spiro atoms. The molecule has 22 heavy (non-hydrogen) atoms. The molecule has 6 heteroatoms. The summed E-state index contributed by atoms with van der Waals surface area (Å²) in [6, 6.07) is 5.68. The molecule has 1 N–H and O–H groups in total. The van der Waals surface area contributed by atoms with E-state index in [1.807, 2.05) is 36.9 Å². The Hall–Kier alpha value is -1.33. The number of halogens is 1. The molecule has 1 saturated heterocycles. The smallest absolute Gasteiger partial charge is 0.310 e. The first-order valence-electron chi connectivity index (χ1n) is 7.50. The van der Waals surface area contributed by atoms with Crippen LogP contribution >= 0.6 is 23.8 Å². The molecule has 1 heterocycles. The maximum atomic E-state index is 11.9. The zero-order chi connectivity index (χ0) is 16.1. The maximum Gasteiger partial charge on any atom is 0.310 e. The zero-order valence-electron chi connectivity index (χ0n) is 12.9. The van der Waals surface area contributed by atoms with E-state index in [2.05, 4.69) is 5.32 Å². The minimum absolute atomic E-state index is 0.103. The van der Waals surface area contributed by atoms with Gasteiger partial charge in [-0.25, -0.2) is 0 Å². The number of nitrogens with one attached hydrogen (secondary N) is 1. The highest BCUT2D eigenvalue weighted by atomic mass is 35.5. The minimum atomic E-state index is -0.131. The number of rotatable bonds is 3. The van der Waals surface area contributed by atoms with E-state index in [0.717, 1.165) is 30.6 Å². The minimum Gasteiger partial charge on any atom is -0.466 e. The molecular weight excluding hydrogens is 320 g/mol. The van der Waals surface area contributed by atoms with Crippen molar-refractivity contribution >= 4 is 40.6 Å². The predicted octanol–water partition coefficient (Wildman–Crippen LogP) is 3.62. The van der Waals surface area contributed by atoms with E-state index < -0.39 is 0 Å². The van der Waals surface area contributed by atoms with Gasteiger partial charge in [-0.05, 0) is 56.6 Å². The number of anilines is 1. The van der Waals surface area contributed by atoms with Crippen molar-refractivity contribution in [1.82, 2.24) is 4.90 Å².